The topological polar surface area (TPSA) is 29.1 Å². The van der Waals surface area contributed by atoms with Crippen LogP contribution in [0.3, 0.4) is 0 Å². The first-order valence-corrected chi connectivity index (χ1v) is 5.59. The van der Waals surface area contributed by atoms with Crippen LogP contribution < -0.4 is 5.32 Å². The Morgan fingerprint density at radius 2 is 2.07 bits per heavy atom. The maximum atomic E-state index is 11.4. The van der Waals surface area contributed by atoms with E-state index in [0.29, 0.717) is 13.0 Å². The molecule has 0 aliphatic heterocycles. The minimum absolute atomic E-state index is 0.180. The van der Waals surface area contributed by atoms with Crippen molar-refractivity contribution in [3.8, 4) is 0 Å². The van der Waals surface area contributed by atoms with Gasteiger partial charge in [0.2, 0.25) is 5.91 Å². The molecule has 2 nitrogen and oxygen atoms in total. The molecule has 0 spiro atoms. The molecule has 1 rings (SSSR count). The average Bonchev–Trinajstić information content (AvgIpc) is 2.63. The van der Waals surface area contributed by atoms with E-state index in [1.165, 1.54) is 25.7 Å². The van der Waals surface area contributed by atoms with Crippen LogP contribution in [-0.4, -0.2) is 12.5 Å². The third kappa shape index (κ3) is 4.45. The van der Waals surface area contributed by atoms with Gasteiger partial charge in [-0.3, -0.25) is 4.79 Å². The number of rotatable bonds is 5. The first-order chi connectivity index (χ1) is 6.68. The Kier molecular flexibility index (Phi) is 4.71. The third-order valence-electron chi connectivity index (χ3n) is 2.84. The lowest BCUT2D eigenvalue weighted by atomic mass is 10.0. The first-order valence-electron chi connectivity index (χ1n) is 5.59. The van der Waals surface area contributed by atoms with Crippen molar-refractivity contribution in [2.45, 2.75) is 45.4 Å². The van der Waals surface area contributed by atoms with Crippen molar-refractivity contribution in [2.24, 2.45) is 5.92 Å². The Balaban J connectivity index is 2.05. The molecule has 0 bridgehead atoms. The molecule has 2 heteroatoms. The number of nitrogens with one attached hydrogen (secondary N) is 1. The molecule has 0 aromatic heterocycles. The summed E-state index contributed by atoms with van der Waals surface area (Å²) in [7, 11) is 0. The molecule has 0 heterocycles. The molecule has 0 radical (unpaired) electrons. The second kappa shape index (κ2) is 5.84. The van der Waals surface area contributed by atoms with Crippen molar-refractivity contribution >= 4 is 5.91 Å². The summed E-state index contributed by atoms with van der Waals surface area (Å²) in [4.78, 5) is 11.4. The van der Waals surface area contributed by atoms with Gasteiger partial charge in [-0.2, -0.15) is 0 Å². The fourth-order valence-corrected chi connectivity index (χ4v) is 1.97. The highest BCUT2D eigenvalue weighted by molar-refractivity contribution is 5.76. The van der Waals surface area contributed by atoms with Gasteiger partial charge in [0, 0.05) is 13.0 Å². The van der Waals surface area contributed by atoms with E-state index in [1.807, 2.05) is 6.92 Å². The van der Waals surface area contributed by atoms with Crippen LogP contribution in [0.15, 0.2) is 12.2 Å². The van der Waals surface area contributed by atoms with Crippen molar-refractivity contribution in [1.82, 2.24) is 5.32 Å². The summed E-state index contributed by atoms with van der Waals surface area (Å²) in [6.07, 6.45) is 7.14. The minimum atomic E-state index is 0.180. The van der Waals surface area contributed by atoms with E-state index in [0.717, 1.165) is 17.9 Å². The molecule has 0 atom stereocenters. The van der Waals surface area contributed by atoms with E-state index in [1.54, 1.807) is 0 Å². The Morgan fingerprint density at radius 1 is 1.43 bits per heavy atom. The summed E-state index contributed by atoms with van der Waals surface area (Å²) in [5, 5.41) is 2.87. The van der Waals surface area contributed by atoms with Crippen molar-refractivity contribution in [1.29, 1.82) is 0 Å². The lowest BCUT2D eigenvalue weighted by Crippen LogP contribution is -2.24. The zero-order valence-corrected chi connectivity index (χ0v) is 9.14. The van der Waals surface area contributed by atoms with Crippen molar-refractivity contribution < 1.29 is 4.79 Å². The van der Waals surface area contributed by atoms with Crippen LogP contribution in [0.2, 0.25) is 0 Å². The SMILES string of the molecule is C=C(C)CNC(=O)CCC1CCCC1. The molecule has 0 aromatic carbocycles. The zero-order chi connectivity index (χ0) is 10.4. The van der Waals surface area contributed by atoms with Crippen LogP contribution in [0.25, 0.3) is 0 Å². The van der Waals surface area contributed by atoms with E-state index >= 15 is 0 Å². The van der Waals surface area contributed by atoms with E-state index in [4.69, 9.17) is 0 Å². The lowest BCUT2D eigenvalue weighted by Gasteiger charge is -2.08. The van der Waals surface area contributed by atoms with E-state index in [9.17, 15) is 4.79 Å². The number of hydrogen-bond acceptors (Lipinski definition) is 1. The molecule has 0 unspecified atom stereocenters. The van der Waals surface area contributed by atoms with Gasteiger partial charge in [-0.25, -0.2) is 0 Å². The quantitative estimate of drug-likeness (QED) is 0.671. The van der Waals surface area contributed by atoms with Gasteiger partial charge in [0.25, 0.3) is 0 Å². The second-order valence-electron chi connectivity index (χ2n) is 4.42. The smallest absolute Gasteiger partial charge is 0.220 e. The molecule has 1 amide bonds. The maximum Gasteiger partial charge on any atom is 0.220 e. The normalized spacial score (nSPS) is 16.9. The number of hydrogen-bond donors (Lipinski definition) is 1. The van der Waals surface area contributed by atoms with E-state index < -0.39 is 0 Å². The van der Waals surface area contributed by atoms with Crippen LogP contribution in [0.1, 0.15) is 45.4 Å². The molecule has 1 fully saturated rings. The van der Waals surface area contributed by atoms with Gasteiger partial charge in [0.15, 0.2) is 0 Å². The van der Waals surface area contributed by atoms with Crippen LogP contribution in [0, 0.1) is 5.92 Å². The zero-order valence-electron chi connectivity index (χ0n) is 9.14. The van der Waals surface area contributed by atoms with Crippen LogP contribution in [0.4, 0.5) is 0 Å². The van der Waals surface area contributed by atoms with Crippen LogP contribution in [-0.2, 0) is 4.79 Å². The standard InChI is InChI=1S/C12H21NO/c1-10(2)9-13-12(14)8-7-11-5-3-4-6-11/h11H,1,3-9H2,2H3,(H,13,14). The summed E-state index contributed by atoms with van der Waals surface area (Å²) in [6, 6.07) is 0. The summed E-state index contributed by atoms with van der Waals surface area (Å²) < 4.78 is 0. The summed E-state index contributed by atoms with van der Waals surface area (Å²) in [6.45, 7) is 6.31. The average molecular weight is 195 g/mol. The van der Waals surface area contributed by atoms with Gasteiger partial charge < -0.3 is 5.32 Å². The fourth-order valence-electron chi connectivity index (χ4n) is 1.97. The van der Waals surface area contributed by atoms with Gasteiger partial charge in [0.1, 0.15) is 0 Å². The summed E-state index contributed by atoms with van der Waals surface area (Å²) >= 11 is 0. The Morgan fingerprint density at radius 3 is 2.64 bits per heavy atom. The molecule has 1 saturated carbocycles. The Bertz CT molecular complexity index is 204. The highest BCUT2D eigenvalue weighted by Gasteiger charge is 2.15. The highest BCUT2D eigenvalue weighted by Crippen LogP contribution is 2.28. The summed E-state index contributed by atoms with van der Waals surface area (Å²) in [5.41, 5.74) is 1.01. The van der Waals surface area contributed by atoms with Gasteiger partial charge >= 0.3 is 0 Å². The molecule has 14 heavy (non-hydrogen) atoms. The van der Waals surface area contributed by atoms with Crippen molar-refractivity contribution in [3.05, 3.63) is 12.2 Å². The van der Waals surface area contributed by atoms with E-state index in [-0.39, 0.29) is 5.91 Å². The molecule has 0 aromatic rings. The van der Waals surface area contributed by atoms with E-state index in [2.05, 4.69) is 11.9 Å². The predicted molar refractivity (Wildman–Crippen MR) is 59.0 cm³/mol. The minimum Gasteiger partial charge on any atom is -0.352 e. The molecule has 1 aliphatic carbocycles. The molecule has 1 N–H and O–H groups in total. The monoisotopic (exact) mass is 195 g/mol. The van der Waals surface area contributed by atoms with Crippen molar-refractivity contribution in [3.63, 3.8) is 0 Å². The molecular weight excluding hydrogens is 174 g/mol. The number of carbonyl (C=O) groups is 1. The van der Waals surface area contributed by atoms with Gasteiger partial charge in [0.05, 0.1) is 0 Å². The van der Waals surface area contributed by atoms with Gasteiger partial charge in [-0.05, 0) is 19.3 Å². The summed E-state index contributed by atoms with van der Waals surface area (Å²) in [5.74, 6) is 0.991. The molecule has 1 aliphatic rings. The largest absolute Gasteiger partial charge is 0.352 e. The lowest BCUT2D eigenvalue weighted by molar-refractivity contribution is -0.121. The fraction of sp³-hybridized carbons (Fsp3) is 0.750. The van der Waals surface area contributed by atoms with Crippen LogP contribution >= 0.6 is 0 Å². The van der Waals surface area contributed by atoms with Crippen LogP contribution in [0.5, 0.6) is 0 Å². The second-order valence-corrected chi connectivity index (χ2v) is 4.42. The predicted octanol–water partition coefficient (Wildman–Crippen LogP) is 2.65. The third-order valence-corrected chi connectivity index (χ3v) is 2.84. The molecule has 80 valence electrons. The van der Waals surface area contributed by atoms with Gasteiger partial charge in [-0.1, -0.05) is 37.8 Å². The molecule has 0 saturated heterocycles. The Hall–Kier alpha value is -0.790. The highest BCUT2D eigenvalue weighted by atomic mass is 16.1. The molecular formula is C12H21NO. The number of carbonyl (C=O) groups excluding carboxylic acids is 1. The van der Waals surface area contributed by atoms with Gasteiger partial charge in [-0.15, -0.1) is 0 Å². The maximum absolute atomic E-state index is 11.4. The van der Waals surface area contributed by atoms with Crippen molar-refractivity contribution in [2.75, 3.05) is 6.54 Å². The number of amides is 1. The Labute approximate surface area is 86.8 Å². The first kappa shape index (κ1) is 11.3.